The van der Waals surface area contributed by atoms with Gasteiger partial charge in [0.2, 0.25) is 11.6 Å². The fraction of sp³-hybridized carbons (Fsp3) is 0.176. The fourth-order valence-corrected chi connectivity index (χ4v) is 2.30. The fourth-order valence-electron chi connectivity index (χ4n) is 2.30. The van der Waals surface area contributed by atoms with Crippen molar-refractivity contribution in [1.29, 1.82) is 0 Å². The van der Waals surface area contributed by atoms with Crippen LogP contribution in [0.4, 0.5) is 5.88 Å². The van der Waals surface area contributed by atoms with Crippen LogP contribution in [0.3, 0.4) is 0 Å². The zero-order valence-electron chi connectivity index (χ0n) is 13.6. The lowest BCUT2D eigenvalue weighted by atomic mass is 10.1. The number of nitrogens with one attached hydrogen (secondary N) is 1. The van der Waals surface area contributed by atoms with Gasteiger partial charge in [0, 0.05) is 36.7 Å². The monoisotopic (exact) mass is 340 g/mol. The minimum Gasteiger partial charge on any atom is -0.460 e. The molecular formula is C17H16N4O4. The smallest absolute Gasteiger partial charge is 0.374 e. The molecule has 0 bridgehead atoms. The number of nitrogens with zero attached hydrogens (tertiary/aromatic N) is 3. The van der Waals surface area contributed by atoms with Gasteiger partial charge < -0.3 is 14.5 Å². The van der Waals surface area contributed by atoms with Crippen molar-refractivity contribution in [3.05, 3.63) is 66.4 Å². The molecule has 1 aliphatic rings. The lowest BCUT2D eigenvalue weighted by molar-refractivity contribution is -0.117. The lowest BCUT2D eigenvalue weighted by Crippen LogP contribution is -2.38. The number of ether oxygens (including phenoxy) is 1. The van der Waals surface area contributed by atoms with Crippen molar-refractivity contribution < 1.29 is 18.7 Å². The predicted octanol–water partition coefficient (Wildman–Crippen LogP) is 1.78. The van der Waals surface area contributed by atoms with Crippen LogP contribution in [0.15, 0.2) is 59.4 Å². The van der Waals surface area contributed by atoms with Crippen LogP contribution in [0.1, 0.15) is 23.0 Å². The molecule has 2 aromatic rings. The van der Waals surface area contributed by atoms with E-state index in [1.54, 1.807) is 36.5 Å². The molecule has 1 aliphatic heterocycles. The molecule has 0 aromatic carbocycles. The highest BCUT2D eigenvalue weighted by molar-refractivity contribution is 5.97. The average molecular weight is 340 g/mol. The standard InChI is InChI=1S/C17H16N4O4/c1-3-24-17(23)14-4-5-15(25-14)21-9-13(16(22)20-11(21)2)6-12-7-18-10-19-8-12/h4-5,7-10H,2-3,6H2,1H3,(H,20,22). The normalized spacial score (nSPS) is 14.1. The topological polar surface area (TPSA) is 97.6 Å². The number of furan rings is 1. The molecule has 3 heterocycles. The van der Waals surface area contributed by atoms with Gasteiger partial charge in [-0.1, -0.05) is 6.58 Å². The van der Waals surface area contributed by atoms with Gasteiger partial charge in [0.05, 0.1) is 6.61 Å². The molecule has 0 radical (unpaired) electrons. The first-order valence-electron chi connectivity index (χ1n) is 7.59. The van der Waals surface area contributed by atoms with Gasteiger partial charge in [0.25, 0.3) is 5.91 Å². The second kappa shape index (κ2) is 7.00. The second-order valence-corrected chi connectivity index (χ2v) is 5.21. The molecule has 0 fully saturated rings. The summed E-state index contributed by atoms with van der Waals surface area (Å²) in [6.07, 6.45) is 6.66. The Labute approximate surface area is 143 Å². The molecule has 1 N–H and O–H groups in total. The summed E-state index contributed by atoms with van der Waals surface area (Å²) in [5.74, 6) is -0.0704. The maximum absolute atomic E-state index is 12.2. The number of rotatable bonds is 5. The number of carbonyl (C=O) groups is 2. The van der Waals surface area contributed by atoms with Gasteiger partial charge in [-0.25, -0.2) is 14.8 Å². The highest BCUT2D eigenvalue weighted by Crippen LogP contribution is 2.26. The Kier molecular flexibility index (Phi) is 4.60. The molecule has 1 amide bonds. The van der Waals surface area contributed by atoms with E-state index >= 15 is 0 Å². The van der Waals surface area contributed by atoms with Crippen molar-refractivity contribution in [2.24, 2.45) is 0 Å². The van der Waals surface area contributed by atoms with E-state index in [-0.39, 0.29) is 18.3 Å². The minimum atomic E-state index is -0.550. The maximum Gasteiger partial charge on any atom is 0.374 e. The van der Waals surface area contributed by atoms with E-state index in [0.29, 0.717) is 23.7 Å². The van der Waals surface area contributed by atoms with Gasteiger partial charge in [0.1, 0.15) is 12.1 Å². The first kappa shape index (κ1) is 16.4. The van der Waals surface area contributed by atoms with Crippen LogP contribution >= 0.6 is 0 Å². The third-order valence-electron chi connectivity index (χ3n) is 3.44. The highest BCUT2D eigenvalue weighted by atomic mass is 16.5. The Morgan fingerprint density at radius 1 is 1.36 bits per heavy atom. The number of hydrogen-bond acceptors (Lipinski definition) is 7. The molecule has 128 valence electrons. The number of esters is 1. The van der Waals surface area contributed by atoms with Gasteiger partial charge in [-0.2, -0.15) is 0 Å². The van der Waals surface area contributed by atoms with Gasteiger partial charge in [-0.05, 0) is 18.6 Å². The number of aromatic nitrogens is 2. The molecule has 0 unspecified atom stereocenters. The van der Waals surface area contributed by atoms with Crippen molar-refractivity contribution >= 4 is 17.8 Å². The minimum absolute atomic E-state index is 0.0768. The first-order valence-corrected chi connectivity index (χ1v) is 7.59. The average Bonchev–Trinajstić information content (AvgIpc) is 3.08. The summed E-state index contributed by atoms with van der Waals surface area (Å²) in [7, 11) is 0. The largest absolute Gasteiger partial charge is 0.460 e. The van der Waals surface area contributed by atoms with Crippen LogP contribution in [0.25, 0.3) is 0 Å². The summed E-state index contributed by atoms with van der Waals surface area (Å²) in [4.78, 5) is 33.3. The molecule has 0 saturated heterocycles. The van der Waals surface area contributed by atoms with E-state index < -0.39 is 5.97 Å². The van der Waals surface area contributed by atoms with E-state index in [9.17, 15) is 9.59 Å². The summed E-state index contributed by atoms with van der Waals surface area (Å²) in [5, 5.41) is 2.67. The van der Waals surface area contributed by atoms with Crippen LogP contribution in [0.2, 0.25) is 0 Å². The highest BCUT2D eigenvalue weighted by Gasteiger charge is 2.25. The number of carbonyl (C=O) groups excluding carboxylic acids is 2. The van der Waals surface area contributed by atoms with Gasteiger partial charge >= 0.3 is 5.97 Å². The molecule has 0 atom stereocenters. The summed E-state index contributed by atoms with van der Waals surface area (Å²) in [6, 6.07) is 3.12. The molecule has 8 heteroatoms. The van der Waals surface area contributed by atoms with Crippen molar-refractivity contribution in [3.63, 3.8) is 0 Å². The second-order valence-electron chi connectivity index (χ2n) is 5.21. The van der Waals surface area contributed by atoms with Gasteiger partial charge in [-0.15, -0.1) is 0 Å². The SMILES string of the molecule is C=C1NC(=O)C(Cc2cncnc2)=CN1c1ccc(C(=O)OCC)o1. The lowest BCUT2D eigenvalue weighted by Gasteiger charge is -2.26. The van der Waals surface area contributed by atoms with Gasteiger partial charge in [0.15, 0.2) is 0 Å². The third-order valence-corrected chi connectivity index (χ3v) is 3.44. The molecular weight excluding hydrogens is 324 g/mol. The summed E-state index contributed by atoms with van der Waals surface area (Å²) < 4.78 is 10.4. The Morgan fingerprint density at radius 2 is 2.12 bits per heavy atom. The third kappa shape index (κ3) is 3.57. The number of anilines is 1. The van der Waals surface area contributed by atoms with Crippen LogP contribution < -0.4 is 10.2 Å². The van der Waals surface area contributed by atoms with E-state index in [1.807, 2.05) is 0 Å². The molecule has 3 rings (SSSR count). The Bertz CT molecular complexity index is 841. The quantitative estimate of drug-likeness (QED) is 0.829. The Morgan fingerprint density at radius 3 is 2.84 bits per heavy atom. The number of amides is 1. The van der Waals surface area contributed by atoms with Crippen molar-refractivity contribution in [3.8, 4) is 0 Å². The number of hydrogen-bond donors (Lipinski definition) is 1. The van der Waals surface area contributed by atoms with Crippen LogP contribution in [-0.4, -0.2) is 28.5 Å². The summed E-state index contributed by atoms with van der Waals surface area (Å²) in [6.45, 7) is 5.77. The molecule has 0 aliphatic carbocycles. The Balaban J connectivity index is 1.86. The zero-order valence-corrected chi connectivity index (χ0v) is 13.6. The molecule has 25 heavy (non-hydrogen) atoms. The van der Waals surface area contributed by atoms with Crippen LogP contribution in [0.5, 0.6) is 0 Å². The van der Waals surface area contributed by atoms with Crippen molar-refractivity contribution in [1.82, 2.24) is 15.3 Å². The van der Waals surface area contributed by atoms with E-state index in [0.717, 1.165) is 5.56 Å². The summed E-state index contributed by atoms with van der Waals surface area (Å²) in [5.41, 5.74) is 1.28. The van der Waals surface area contributed by atoms with Crippen LogP contribution in [0, 0.1) is 0 Å². The predicted molar refractivity (Wildman–Crippen MR) is 88.2 cm³/mol. The van der Waals surface area contributed by atoms with Gasteiger partial charge in [-0.3, -0.25) is 9.69 Å². The van der Waals surface area contributed by atoms with Crippen LogP contribution in [-0.2, 0) is 16.0 Å². The first-order chi connectivity index (χ1) is 12.1. The molecule has 2 aromatic heterocycles. The summed E-state index contributed by atoms with van der Waals surface area (Å²) >= 11 is 0. The van der Waals surface area contributed by atoms with E-state index in [1.165, 1.54) is 12.4 Å². The van der Waals surface area contributed by atoms with E-state index in [4.69, 9.17) is 9.15 Å². The van der Waals surface area contributed by atoms with Crippen molar-refractivity contribution in [2.45, 2.75) is 13.3 Å². The molecule has 0 saturated carbocycles. The van der Waals surface area contributed by atoms with Crippen molar-refractivity contribution in [2.75, 3.05) is 11.5 Å². The zero-order chi connectivity index (χ0) is 17.8. The van der Waals surface area contributed by atoms with E-state index in [2.05, 4.69) is 21.9 Å². The maximum atomic E-state index is 12.2. The molecule has 0 spiro atoms. The Hall–Kier alpha value is -3.42. The molecule has 8 nitrogen and oxygen atoms in total.